The summed E-state index contributed by atoms with van der Waals surface area (Å²) < 4.78 is 0. The predicted octanol–water partition coefficient (Wildman–Crippen LogP) is 2.01. The average Bonchev–Trinajstić information content (AvgIpc) is 2.59. The standard InChI is InChI=1S/C18H30N8O/c1-5-7-12(10(3)6-2)25-17-14(16(22)23-9-24-17)15(21)18(27)26-13(20)8-11(4)19/h8-10,12,21H,5-7,19H2,1-4H3,(H2,20,26,27)(H3,22,23,24,25)/b11-8-,21-15?/t10-,12-/m1/s1. The van der Waals surface area contributed by atoms with E-state index in [0.29, 0.717) is 17.4 Å². The number of allylic oxidation sites excluding steroid dienone is 1. The molecule has 0 unspecified atom stereocenters. The number of aromatic nitrogens is 2. The van der Waals surface area contributed by atoms with Gasteiger partial charge < -0.3 is 22.1 Å². The van der Waals surface area contributed by atoms with Crippen molar-refractivity contribution in [1.29, 1.82) is 10.8 Å². The average molecular weight is 374 g/mol. The lowest BCUT2D eigenvalue weighted by atomic mass is 9.95. The molecular formula is C18H30N8O. The third-order valence-corrected chi connectivity index (χ3v) is 4.23. The summed E-state index contributed by atoms with van der Waals surface area (Å²) in [4.78, 5) is 20.5. The SMILES string of the molecule is CCC[C@@H](Nc1ncnc(N)c1C(=N)C(=O)NC(=N)/C=C(/C)N)[C@H](C)CC. The van der Waals surface area contributed by atoms with Gasteiger partial charge in [0.1, 0.15) is 29.5 Å². The molecule has 0 aliphatic carbocycles. The molecule has 0 aliphatic rings. The van der Waals surface area contributed by atoms with Crippen LogP contribution >= 0.6 is 0 Å². The maximum atomic E-state index is 12.4. The minimum absolute atomic E-state index is 0.0316. The van der Waals surface area contributed by atoms with E-state index in [1.54, 1.807) is 6.92 Å². The fraction of sp³-hybridized carbons (Fsp3) is 0.500. The van der Waals surface area contributed by atoms with Crippen LogP contribution in [-0.4, -0.2) is 33.5 Å². The molecule has 0 spiro atoms. The topological polar surface area (TPSA) is 167 Å². The van der Waals surface area contributed by atoms with E-state index in [0.717, 1.165) is 19.3 Å². The van der Waals surface area contributed by atoms with Crippen molar-refractivity contribution in [3.63, 3.8) is 0 Å². The molecule has 1 amide bonds. The Labute approximate surface area is 160 Å². The zero-order chi connectivity index (χ0) is 20.6. The Kier molecular flexibility index (Phi) is 8.37. The minimum Gasteiger partial charge on any atom is -0.402 e. The van der Waals surface area contributed by atoms with Crippen molar-refractivity contribution >= 4 is 29.1 Å². The van der Waals surface area contributed by atoms with Crippen molar-refractivity contribution < 1.29 is 4.79 Å². The Bertz CT molecular complexity index is 724. The van der Waals surface area contributed by atoms with E-state index in [1.807, 2.05) is 0 Å². The first kappa shape index (κ1) is 22.1. The van der Waals surface area contributed by atoms with Crippen LogP contribution in [0, 0.1) is 16.7 Å². The van der Waals surface area contributed by atoms with Gasteiger partial charge in [-0.15, -0.1) is 0 Å². The fourth-order valence-corrected chi connectivity index (χ4v) is 2.59. The normalized spacial score (nSPS) is 13.6. The van der Waals surface area contributed by atoms with Gasteiger partial charge in [-0.25, -0.2) is 9.97 Å². The highest BCUT2D eigenvalue weighted by molar-refractivity contribution is 6.48. The number of hydrogen-bond acceptors (Lipinski definition) is 8. The molecule has 1 rings (SSSR count). The van der Waals surface area contributed by atoms with Crippen molar-refractivity contribution in [3.8, 4) is 0 Å². The largest absolute Gasteiger partial charge is 0.402 e. The lowest BCUT2D eigenvalue weighted by Gasteiger charge is -2.25. The Morgan fingerprint density at radius 1 is 1.33 bits per heavy atom. The molecule has 1 aromatic heterocycles. The van der Waals surface area contributed by atoms with Crippen molar-refractivity contribution in [3.05, 3.63) is 23.7 Å². The molecule has 0 saturated carbocycles. The van der Waals surface area contributed by atoms with E-state index in [4.69, 9.17) is 22.3 Å². The summed E-state index contributed by atoms with van der Waals surface area (Å²) in [5, 5.41) is 21.6. The van der Waals surface area contributed by atoms with E-state index in [1.165, 1.54) is 12.4 Å². The Hall–Kier alpha value is -2.97. The molecule has 1 heterocycles. The number of anilines is 2. The molecule has 2 atom stereocenters. The van der Waals surface area contributed by atoms with Gasteiger partial charge in [0.2, 0.25) is 0 Å². The van der Waals surface area contributed by atoms with Gasteiger partial charge in [-0.3, -0.25) is 15.6 Å². The number of nitrogens with two attached hydrogens (primary N) is 2. The molecule has 8 N–H and O–H groups in total. The van der Waals surface area contributed by atoms with Gasteiger partial charge in [0.15, 0.2) is 0 Å². The van der Waals surface area contributed by atoms with Crippen LogP contribution in [0.3, 0.4) is 0 Å². The van der Waals surface area contributed by atoms with E-state index in [9.17, 15) is 4.79 Å². The second-order valence-electron chi connectivity index (χ2n) is 6.54. The van der Waals surface area contributed by atoms with Gasteiger partial charge in [0, 0.05) is 11.7 Å². The molecule has 0 radical (unpaired) electrons. The number of nitrogens with one attached hydrogen (secondary N) is 4. The van der Waals surface area contributed by atoms with Crippen LogP contribution in [0.1, 0.15) is 52.5 Å². The highest BCUT2D eigenvalue weighted by Gasteiger charge is 2.24. The van der Waals surface area contributed by atoms with E-state index in [-0.39, 0.29) is 23.3 Å². The van der Waals surface area contributed by atoms with Crippen molar-refractivity contribution in [2.75, 3.05) is 11.1 Å². The third-order valence-electron chi connectivity index (χ3n) is 4.23. The lowest BCUT2D eigenvalue weighted by molar-refractivity contribution is -0.113. The Balaban J connectivity index is 3.13. The van der Waals surface area contributed by atoms with Crippen molar-refractivity contribution in [2.45, 2.75) is 53.0 Å². The van der Waals surface area contributed by atoms with Crippen LogP contribution < -0.4 is 22.1 Å². The number of hydrogen-bond donors (Lipinski definition) is 6. The molecule has 148 valence electrons. The molecule has 0 aliphatic heterocycles. The monoisotopic (exact) mass is 374 g/mol. The first-order valence-electron chi connectivity index (χ1n) is 9.00. The molecule has 1 aromatic rings. The molecule has 27 heavy (non-hydrogen) atoms. The fourth-order valence-electron chi connectivity index (χ4n) is 2.59. The minimum atomic E-state index is -0.780. The zero-order valence-electron chi connectivity index (χ0n) is 16.4. The molecule has 9 heteroatoms. The van der Waals surface area contributed by atoms with Crippen LogP contribution in [0.4, 0.5) is 11.6 Å². The number of amidine groups is 1. The van der Waals surface area contributed by atoms with Crippen molar-refractivity contribution in [1.82, 2.24) is 15.3 Å². The summed E-state index contributed by atoms with van der Waals surface area (Å²) in [5.74, 6) is -0.235. The number of rotatable bonds is 9. The van der Waals surface area contributed by atoms with Gasteiger partial charge in [0.25, 0.3) is 5.91 Å². The summed E-state index contributed by atoms with van der Waals surface area (Å²) in [7, 11) is 0. The van der Waals surface area contributed by atoms with Crippen LogP contribution in [0.5, 0.6) is 0 Å². The smallest absolute Gasteiger partial charge is 0.275 e. The first-order chi connectivity index (χ1) is 12.7. The van der Waals surface area contributed by atoms with Crippen LogP contribution in [0.15, 0.2) is 18.1 Å². The number of amides is 1. The number of nitrogen functional groups attached to an aromatic ring is 1. The highest BCUT2D eigenvalue weighted by Crippen LogP contribution is 2.23. The highest BCUT2D eigenvalue weighted by atomic mass is 16.1. The van der Waals surface area contributed by atoms with Crippen LogP contribution in [-0.2, 0) is 4.79 Å². The zero-order valence-corrected chi connectivity index (χ0v) is 16.4. The molecule has 0 aromatic carbocycles. The van der Waals surface area contributed by atoms with Gasteiger partial charge in [-0.05, 0) is 25.3 Å². The van der Waals surface area contributed by atoms with E-state index < -0.39 is 11.6 Å². The third kappa shape index (κ3) is 6.36. The van der Waals surface area contributed by atoms with Crippen LogP contribution in [0.2, 0.25) is 0 Å². The predicted molar refractivity (Wildman–Crippen MR) is 109 cm³/mol. The summed E-state index contributed by atoms with van der Waals surface area (Å²) in [6, 6.07) is 0.130. The first-order valence-corrected chi connectivity index (χ1v) is 9.00. The van der Waals surface area contributed by atoms with Crippen LogP contribution in [0.25, 0.3) is 0 Å². The Morgan fingerprint density at radius 3 is 2.56 bits per heavy atom. The van der Waals surface area contributed by atoms with Gasteiger partial charge in [-0.1, -0.05) is 33.6 Å². The molecule has 0 fully saturated rings. The maximum absolute atomic E-state index is 12.4. The Morgan fingerprint density at radius 2 is 2.00 bits per heavy atom. The van der Waals surface area contributed by atoms with E-state index >= 15 is 0 Å². The molecule has 0 saturated heterocycles. The summed E-state index contributed by atoms with van der Waals surface area (Å²) in [5.41, 5.74) is 11.5. The molecule has 9 nitrogen and oxygen atoms in total. The second kappa shape index (κ2) is 10.2. The quantitative estimate of drug-likeness (QED) is 0.285. The molecular weight excluding hydrogens is 344 g/mol. The summed E-state index contributed by atoms with van der Waals surface area (Å²) in [6.07, 6.45) is 5.47. The van der Waals surface area contributed by atoms with Gasteiger partial charge in [-0.2, -0.15) is 0 Å². The molecule has 0 bridgehead atoms. The van der Waals surface area contributed by atoms with Gasteiger partial charge in [0.05, 0.1) is 5.56 Å². The second-order valence-corrected chi connectivity index (χ2v) is 6.54. The number of carbonyl (C=O) groups is 1. The van der Waals surface area contributed by atoms with E-state index in [2.05, 4.69) is 41.4 Å². The lowest BCUT2D eigenvalue weighted by Crippen LogP contribution is -2.36. The van der Waals surface area contributed by atoms with Crippen molar-refractivity contribution in [2.24, 2.45) is 11.7 Å². The number of carbonyl (C=O) groups excluding carboxylic acids is 1. The van der Waals surface area contributed by atoms with Gasteiger partial charge >= 0.3 is 0 Å². The summed E-state index contributed by atoms with van der Waals surface area (Å²) >= 11 is 0. The maximum Gasteiger partial charge on any atom is 0.275 e. The number of nitrogens with zero attached hydrogens (tertiary/aromatic N) is 2. The summed E-state index contributed by atoms with van der Waals surface area (Å²) in [6.45, 7) is 7.94.